The Bertz CT molecular complexity index is 1400. The molecule has 0 radical (unpaired) electrons. The van der Waals surface area contributed by atoms with Crippen molar-refractivity contribution in [3.05, 3.63) is 65.0 Å². The molecule has 0 fully saturated rings. The zero-order valence-electron chi connectivity index (χ0n) is 22.0. The van der Waals surface area contributed by atoms with E-state index in [4.69, 9.17) is 19.3 Å². The summed E-state index contributed by atoms with van der Waals surface area (Å²) in [5, 5.41) is 18.9. The molecule has 2 atom stereocenters. The molecule has 3 aromatic rings. The lowest BCUT2D eigenvalue weighted by Gasteiger charge is -2.19. The molecule has 0 amide bonds. The van der Waals surface area contributed by atoms with Crippen LogP contribution in [0.25, 0.3) is 11.4 Å². The Kier molecular flexibility index (Phi) is 7.34. The van der Waals surface area contributed by atoms with E-state index in [1.807, 2.05) is 0 Å². The van der Waals surface area contributed by atoms with Gasteiger partial charge in [0.2, 0.25) is 0 Å². The van der Waals surface area contributed by atoms with Crippen molar-refractivity contribution in [2.45, 2.75) is 63.3 Å². The number of ether oxygens (including phenoxy) is 3. The summed E-state index contributed by atoms with van der Waals surface area (Å²) in [5.41, 5.74) is 0.0901. The number of hydrogen-bond acceptors (Lipinski definition) is 7. The van der Waals surface area contributed by atoms with E-state index in [2.05, 4.69) is 9.97 Å². The SMILES string of the molecule is CC(C)(O)CCOc1cnc(-c2c(C(F)(F)F)ccc3c2CC[C@H]3Oc2ccc3c(c2)OC[C@H]3CC(=O)O)nc1. The Morgan fingerprint density at radius 1 is 1.10 bits per heavy atom. The molecular weight excluding hydrogens is 529 g/mol. The van der Waals surface area contributed by atoms with Crippen molar-refractivity contribution in [3.8, 4) is 28.6 Å². The Morgan fingerprint density at radius 3 is 2.50 bits per heavy atom. The highest BCUT2D eigenvalue weighted by molar-refractivity contribution is 5.70. The quantitative estimate of drug-likeness (QED) is 0.343. The summed E-state index contributed by atoms with van der Waals surface area (Å²) in [7, 11) is 0. The number of carboxylic acid groups (broad SMARTS) is 1. The molecule has 2 heterocycles. The summed E-state index contributed by atoms with van der Waals surface area (Å²) in [6, 6.07) is 7.68. The van der Waals surface area contributed by atoms with Crippen molar-refractivity contribution < 1.29 is 42.4 Å². The van der Waals surface area contributed by atoms with Crippen LogP contribution in [-0.2, 0) is 17.4 Å². The summed E-state index contributed by atoms with van der Waals surface area (Å²) >= 11 is 0. The molecule has 2 aliphatic rings. The van der Waals surface area contributed by atoms with Crippen molar-refractivity contribution in [2.24, 2.45) is 0 Å². The van der Waals surface area contributed by atoms with Gasteiger partial charge in [0.25, 0.3) is 0 Å². The Labute approximate surface area is 228 Å². The van der Waals surface area contributed by atoms with E-state index in [1.165, 1.54) is 18.5 Å². The summed E-state index contributed by atoms with van der Waals surface area (Å²) in [6.07, 6.45) is -1.32. The fourth-order valence-corrected chi connectivity index (χ4v) is 5.09. The molecule has 2 N–H and O–H groups in total. The standard InChI is InChI=1S/C29H29F3N2O6/c1-28(2,37)9-10-38-18-13-33-27(34-14-18)26-21-6-8-23(20(21)5-7-22(26)29(30,31)32)40-17-3-4-19-16(11-25(35)36)15-39-24(19)12-17/h3-5,7,12-14,16,23,37H,6,8-11,15H2,1-2H3,(H,35,36)/t16-,23-/m1/s1. The number of hydrogen-bond donors (Lipinski definition) is 2. The van der Waals surface area contributed by atoms with Crippen LogP contribution < -0.4 is 14.2 Å². The van der Waals surface area contributed by atoms with E-state index >= 15 is 0 Å². The monoisotopic (exact) mass is 558 g/mol. The largest absolute Gasteiger partial charge is 0.492 e. The number of rotatable bonds is 9. The number of alkyl halides is 3. The molecule has 11 heteroatoms. The fourth-order valence-electron chi connectivity index (χ4n) is 5.09. The number of aromatic nitrogens is 2. The normalized spacial score (nSPS) is 18.1. The molecule has 0 saturated heterocycles. The highest BCUT2D eigenvalue weighted by Crippen LogP contribution is 2.46. The predicted molar refractivity (Wildman–Crippen MR) is 138 cm³/mol. The highest BCUT2D eigenvalue weighted by Gasteiger charge is 2.39. The number of aliphatic carboxylic acids is 1. The highest BCUT2D eigenvalue weighted by atomic mass is 19.4. The van der Waals surface area contributed by atoms with Gasteiger partial charge >= 0.3 is 12.1 Å². The smallest absolute Gasteiger partial charge is 0.417 e. The molecule has 0 bridgehead atoms. The molecule has 5 rings (SSSR count). The molecule has 0 spiro atoms. The van der Waals surface area contributed by atoms with Crippen LogP contribution >= 0.6 is 0 Å². The van der Waals surface area contributed by atoms with E-state index in [1.54, 1.807) is 32.0 Å². The van der Waals surface area contributed by atoms with Gasteiger partial charge in [-0.1, -0.05) is 12.1 Å². The summed E-state index contributed by atoms with van der Waals surface area (Å²) in [6.45, 7) is 3.77. The zero-order valence-corrected chi connectivity index (χ0v) is 22.0. The summed E-state index contributed by atoms with van der Waals surface area (Å²) in [5.74, 6) is 0.117. The first-order chi connectivity index (χ1) is 18.9. The van der Waals surface area contributed by atoms with Crippen LogP contribution in [0, 0.1) is 0 Å². The van der Waals surface area contributed by atoms with Crippen LogP contribution in [0.1, 0.15) is 67.4 Å². The number of aliphatic hydroxyl groups is 1. The maximum atomic E-state index is 14.1. The first kappa shape index (κ1) is 27.7. The van der Waals surface area contributed by atoms with E-state index in [9.17, 15) is 23.1 Å². The molecule has 0 unspecified atom stereocenters. The van der Waals surface area contributed by atoms with Crippen LogP contribution in [-0.4, -0.2) is 45.0 Å². The van der Waals surface area contributed by atoms with Gasteiger partial charge in [-0.15, -0.1) is 0 Å². The number of benzene rings is 2. The second-order valence-corrected chi connectivity index (χ2v) is 10.7. The zero-order chi connectivity index (χ0) is 28.7. The number of halogens is 3. The van der Waals surface area contributed by atoms with Crippen molar-refractivity contribution in [1.29, 1.82) is 0 Å². The third-order valence-corrected chi connectivity index (χ3v) is 7.06. The second-order valence-electron chi connectivity index (χ2n) is 10.7. The maximum Gasteiger partial charge on any atom is 0.417 e. The minimum atomic E-state index is -4.61. The van der Waals surface area contributed by atoms with Gasteiger partial charge in [0, 0.05) is 29.5 Å². The van der Waals surface area contributed by atoms with Crippen LogP contribution in [0.2, 0.25) is 0 Å². The van der Waals surface area contributed by atoms with Crippen LogP contribution in [0.4, 0.5) is 13.2 Å². The number of carbonyl (C=O) groups is 1. The van der Waals surface area contributed by atoms with Crippen LogP contribution in [0.15, 0.2) is 42.7 Å². The summed E-state index contributed by atoms with van der Waals surface area (Å²) in [4.78, 5) is 19.5. The predicted octanol–water partition coefficient (Wildman–Crippen LogP) is 5.72. The van der Waals surface area contributed by atoms with Crippen molar-refractivity contribution in [2.75, 3.05) is 13.2 Å². The van der Waals surface area contributed by atoms with Gasteiger partial charge < -0.3 is 24.4 Å². The lowest BCUT2D eigenvalue weighted by molar-refractivity contribution is -0.138. The topological polar surface area (TPSA) is 111 Å². The average Bonchev–Trinajstić information content (AvgIpc) is 3.46. The number of fused-ring (bicyclic) bond motifs is 2. The van der Waals surface area contributed by atoms with E-state index in [-0.39, 0.29) is 36.9 Å². The van der Waals surface area contributed by atoms with Gasteiger partial charge in [-0.25, -0.2) is 9.97 Å². The van der Waals surface area contributed by atoms with E-state index < -0.39 is 29.4 Å². The van der Waals surface area contributed by atoms with E-state index in [0.29, 0.717) is 47.6 Å². The third kappa shape index (κ3) is 5.99. The molecule has 2 aromatic carbocycles. The van der Waals surface area contributed by atoms with Crippen molar-refractivity contribution in [3.63, 3.8) is 0 Å². The van der Waals surface area contributed by atoms with Crippen molar-refractivity contribution >= 4 is 5.97 Å². The molecule has 1 aliphatic carbocycles. The van der Waals surface area contributed by atoms with Crippen LogP contribution in [0.5, 0.6) is 17.2 Å². The maximum absolute atomic E-state index is 14.1. The van der Waals surface area contributed by atoms with Gasteiger partial charge in [-0.3, -0.25) is 4.79 Å². The average molecular weight is 559 g/mol. The molecule has 0 saturated carbocycles. The lowest BCUT2D eigenvalue weighted by Crippen LogP contribution is -2.21. The summed E-state index contributed by atoms with van der Waals surface area (Å²) < 4.78 is 59.6. The first-order valence-electron chi connectivity index (χ1n) is 12.9. The van der Waals surface area contributed by atoms with Gasteiger partial charge in [-0.2, -0.15) is 13.2 Å². The van der Waals surface area contributed by atoms with Gasteiger partial charge in [0.15, 0.2) is 11.6 Å². The second kappa shape index (κ2) is 10.6. The number of nitrogens with zero attached hydrogens (tertiary/aromatic N) is 2. The Morgan fingerprint density at radius 2 is 1.82 bits per heavy atom. The van der Waals surface area contributed by atoms with E-state index in [0.717, 1.165) is 11.6 Å². The minimum absolute atomic E-state index is 0.0382. The molecule has 1 aliphatic heterocycles. The molecule has 40 heavy (non-hydrogen) atoms. The molecule has 212 valence electrons. The first-order valence-corrected chi connectivity index (χ1v) is 12.9. The van der Waals surface area contributed by atoms with Gasteiger partial charge in [0.1, 0.15) is 17.6 Å². The van der Waals surface area contributed by atoms with Gasteiger partial charge in [0.05, 0.1) is 43.2 Å². The van der Waals surface area contributed by atoms with Crippen LogP contribution in [0.3, 0.4) is 0 Å². The Hall–Kier alpha value is -3.86. The molecule has 8 nitrogen and oxygen atoms in total. The van der Waals surface area contributed by atoms with Crippen molar-refractivity contribution in [1.82, 2.24) is 9.97 Å². The van der Waals surface area contributed by atoms with Gasteiger partial charge in [-0.05, 0) is 49.9 Å². The minimum Gasteiger partial charge on any atom is -0.492 e. The molecule has 1 aromatic heterocycles. The lowest BCUT2D eigenvalue weighted by atomic mass is 9.96. The fraction of sp³-hybridized carbons (Fsp3) is 0.414. The Balaban J connectivity index is 1.39. The molecular formula is C29H29F3N2O6. The third-order valence-electron chi connectivity index (χ3n) is 7.06. The number of carboxylic acids is 1.